The molecule has 0 saturated heterocycles. The van der Waals surface area contributed by atoms with Crippen LogP contribution in [-0.2, 0) is 14.9 Å². The lowest BCUT2D eigenvalue weighted by Crippen LogP contribution is -2.23. The van der Waals surface area contributed by atoms with Crippen LogP contribution in [0.3, 0.4) is 0 Å². The molecule has 1 aliphatic carbocycles. The van der Waals surface area contributed by atoms with Gasteiger partial charge in [0, 0.05) is 5.56 Å². The number of aliphatic hydroxyl groups is 1. The fourth-order valence-corrected chi connectivity index (χ4v) is 4.79. The van der Waals surface area contributed by atoms with E-state index in [1.54, 1.807) is 0 Å². The summed E-state index contributed by atoms with van der Waals surface area (Å²) in [5.74, 6) is 0.466. The van der Waals surface area contributed by atoms with Crippen molar-refractivity contribution in [1.82, 2.24) is 5.16 Å². The molecular weight excluding hydrogens is 462 g/mol. The van der Waals surface area contributed by atoms with Gasteiger partial charge in [0.1, 0.15) is 0 Å². The number of ether oxygens (including phenoxy) is 1. The van der Waals surface area contributed by atoms with Crippen molar-refractivity contribution >= 4 is 12.0 Å². The molecule has 5 heteroatoms. The van der Waals surface area contributed by atoms with Crippen LogP contribution < -0.4 is 0 Å². The number of hydrogen-bond acceptors (Lipinski definition) is 5. The Morgan fingerprint density at radius 3 is 2.24 bits per heavy atom. The van der Waals surface area contributed by atoms with Crippen molar-refractivity contribution in [2.45, 2.75) is 44.6 Å². The Hall–Kier alpha value is -3.96. The Morgan fingerprint density at radius 2 is 1.62 bits per heavy atom. The van der Waals surface area contributed by atoms with E-state index < -0.39 is 11.5 Å². The SMILES string of the molecule is CCOC(=O)C1(c2ccc(-c3ccc(-c4onc(C)c4C(O)C/C=C/c4ccccc4)cc3)cc2)CC1. The first-order valence-corrected chi connectivity index (χ1v) is 12.8. The van der Waals surface area contributed by atoms with Crippen LogP contribution in [0.4, 0.5) is 0 Å². The van der Waals surface area contributed by atoms with Crippen molar-refractivity contribution in [3.63, 3.8) is 0 Å². The normalized spacial score (nSPS) is 15.0. The van der Waals surface area contributed by atoms with E-state index in [1.807, 2.05) is 92.7 Å². The Labute approximate surface area is 217 Å². The van der Waals surface area contributed by atoms with Crippen LogP contribution in [0.1, 0.15) is 54.7 Å². The van der Waals surface area contributed by atoms with Crippen LogP contribution in [0, 0.1) is 6.92 Å². The Balaban J connectivity index is 1.31. The molecule has 5 nitrogen and oxygen atoms in total. The van der Waals surface area contributed by atoms with E-state index >= 15 is 0 Å². The van der Waals surface area contributed by atoms with Gasteiger partial charge in [-0.15, -0.1) is 0 Å². The van der Waals surface area contributed by atoms with Gasteiger partial charge in [0.2, 0.25) is 0 Å². The highest BCUT2D eigenvalue weighted by Gasteiger charge is 2.52. The Kier molecular flexibility index (Phi) is 7.06. The molecule has 0 radical (unpaired) electrons. The average Bonchev–Trinajstić information content (AvgIpc) is 3.66. The third kappa shape index (κ3) is 5.13. The van der Waals surface area contributed by atoms with Crippen molar-refractivity contribution in [2.75, 3.05) is 6.61 Å². The number of carbonyl (C=O) groups excluding carboxylic acids is 1. The number of aromatic nitrogens is 1. The number of nitrogens with zero attached hydrogens (tertiary/aromatic N) is 1. The fraction of sp³-hybridized carbons (Fsp3) is 0.250. The molecule has 0 spiro atoms. The van der Waals surface area contributed by atoms with Gasteiger partial charge in [-0.05, 0) is 55.4 Å². The van der Waals surface area contributed by atoms with E-state index in [0.717, 1.165) is 40.7 Å². The molecule has 0 amide bonds. The Morgan fingerprint density at radius 1 is 1.00 bits per heavy atom. The van der Waals surface area contributed by atoms with Crippen LogP contribution in [0.2, 0.25) is 0 Å². The highest BCUT2D eigenvalue weighted by molar-refractivity contribution is 5.87. The fourth-order valence-electron chi connectivity index (χ4n) is 4.79. The third-order valence-electron chi connectivity index (χ3n) is 7.04. The van der Waals surface area contributed by atoms with E-state index in [1.165, 1.54) is 0 Å². The molecule has 1 saturated carbocycles. The molecule has 1 N–H and O–H groups in total. The largest absolute Gasteiger partial charge is 0.465 e. The van der Waals surface area contributed by atoms with Crippen LogP contribution in [0.15, 0.2) is 89.5 Å². The van der Waals surface area contributed by atoms with E-state index in [-0.39, 0.29) is 5.97 Å². The van der Waals surface area contributed by atoms with Gasteiger partial charge in [-0.2, -0.15) is 0 Å². The third-order valence-corrected chi connectivity index (χ3v) is 7.04. The van der Waals surface area contributed by atoms with Crippen LogP contribution in [0.5, 0.6) is 0 Å². The summed E-state index contributed by atoms with van der Waals surface area (Å²) < 4.78 is 10.9. The van der Waals surface area contributed by atoms with Crippen molar-refractivity contribution < 1.29 is 19.2 Å². The minimum atomic E-state index is -0.720. The molecule has 1 fully saturated rings. The standard InChI is InChI=1S/C32H31NO4/c1-3-36-31(35)32(20-21-32)27-18-16-25(17-19-27)24-12-14-26(15-13-24)30-29(22(2)33-37-30)28(34)11-7-10-23-8-5-4-6-9-23/h4-10,12-19,28,34H,3,11,20-21H2,1-2H3/b10-7+. The number of aryl methyl sites for hydroxylation is 1. The predicted octanol–water partition coefficient (Wildman–Crippen LogP) is 7.05. The topological polar surface area (TPSA) is 72.6 Å². The number of aliphatic hydroxyl groups excluding tert-OH is 1. The molecule has 37 heavy (non-hydrogen) atoms. The second kappa shape index (κ2) is 10.6. The number of esters is 1. The predicted molar refractivity (Wildman–Crippen MR) is 145 cm³/mol. The molecule has 0 aliphatic heterocycles. The quantitative estimate of drug-likeness (QED) is 0.253. The molecule has 1 unspecified atom stereocenters. The average molecular weight is 494 g/mol. The van der Waals surface area contributed by atoms with Crippen LogP contribution >= 0.6 is 0 Å². The Bertz CT molecular complexity index is 1380. The van der Waals surface area contributed by atoms with E-state index in [0.29, 0.717) is 30.0 Å². The first-order valence-electron chi connectivity index (χ1n) is 12.8. The molecule has 1 heterocycles. The van der Waals surface area contributed by atoms with Gasteiger partial charge >= 0.3 is 5.97 Å². The van der Waals surface area contributed by atoms with Crippen molar-refractivity contribution in [1.29, 1.82) is 0 Å². The lowest BCUT2D eigenvalue weighted by molar-refractivity contribution is -0.146. The molecule has 188 valence electrons. The second-order valence-electron chi connectivity index (χ2n) is 9.53. The minimum Gasteiger partial charge on any atom is -0.465 e. The smallest absolute Gasteiger partial charge is 0.316 e. The molecule has 4 aromatic rings. The van der Waals surface area contributed by atoms with Gasteiger partial charge in [-0.1, -0.05) is 96.2 Å². The van der Waals surface area contributed by atoms with Gasteiger partial charge in [-0.3, -0.25) is 4.79 Å². The maximum Gasteiger partial charge on any atom is 0.316 e. The number of benzene rings is 3. The molecule has 1 aliphatic rings. The lowest BCUT2D eigenvalue weighted by atomic mass is 9.93. The van der Waals surface area contributed by atoms with Gasteiger partial charge < -0.3 is 14.4 Å². The number of hydrogen-bond donors (Lipinski definition) is 1. The summed E-state index contributed by atoms with van der Waals surface area (Å²) in [5.41, 5.74) is 6.03. The lowest BCUT2D eigenvalue weighted by Gasteiger charge is -2.15. The zero-order valence-electron chi connectivity index (χ0n) is 21.2. The van der Waals surface area contributed by atoms with E-state index in [9.17, 15) is 9.90 Å². The number of rotatable bonds is 9. The molecule has 0 bridgehead atoms. The summed E-state index contributed by atoms with van der Waals surface area (Å²) in [6, 6.07) is 26.2. The highest BCUT2D eigenvalue weighted by Crippen LogP contribution is 2.49. The zero-order valence-corrected chi connectivity index (χ0v) is 21.2. The van der Waals surface area contributed by atoms with Crippen LogP contribution in [-0.4, -0.2) is 22.8 Å². The minimum absolute atomic E-state index is 0.122. The van der Waals surface area contributed by atoms with Crippen molar-refractivity contribution in [2.24, 2.45) is 0 Å². The molecule has 1 atom stereocenters. The van der Waals surface area contributed by atoms with Crippen LogP contribution in [0.25, 0.3) is 28.5 Å². The van der Waals surface area contributed by atoms with Crippen molar-refractivity contribution in [3.8, 4) is 22.5 Å². The van der Waals surface area contributed by atoms with Gasteiger partial charge in [0.25, 0.3) is 0 Å². The first-order chi connectivity index (χ1) is 18.0. The van der Waals surface area contributed by atoms with E-state index in [4.69, 9.17) is 9.26 Å². The zero-order chi connectivity index (χ0) is 25.8. The maximum absolute atomic E-state index is 12.4. The summed E-state index contributed by atoms with van der Waals surface area (Å²) in [6.45, 7) is 4.10. The van der Waals surface area contributed by atoms with E-state index in [2.05, 4.69) is 17.3 Å². The molecule has 3 aromatic carbocycles. The highest BCUT2D eigenvalue weighted by atomic mass is 16.5. The summed E-state index contributed by atoms with van der Waals surface area (Å²) in [4.78, 5) is 12.4. The van der Waals surface area contributed by atoms with Gasteiger partial charge in [0.05, 0.1) is 29.4 Å². The number of carbonyl (C=O) groups is 1. The molecule has 5 rings (SSSR count). The van der Waals surface area contributed by atoms with Gasteiger partial charge in [0.15, 0.2) is 5.76 Å². The summed E-state index contributed by atoms with van der Waals surface area (Å²) in [7, 11) is 0. The molecule has 1 aromatic heterocycles. The van der Waals surface area contributed by atoms with Gasteiger partial charge in [-0.25, -0.2) is 0 Å². The summed E-state index contributed by atoms with van der Waals surface area (Å²) >= 11 is 0. The first kappa shape index (κ1) is 24.7. The maximum atomic E-state index is 12.4. The molecular formula is C32H31NO4. The summed E-state index contributed by atoms with van der Waals surface area (Å²) in [6.07, 6.45) is 5.39. The second-order valence-corrected chi connectivity index (χ2v) is 9.53. The summed E-state index contributed by atoms with van der Waals surface area (Å²) in [5, 5.41) is 15.1. The monoisotopic (exact) mass is 493 g/mol. The van der Waals surface area contributed by atoms with Crippen molar-refractivity contribution in [3.05, 3.63) is 107 Å².